The van der Waals surface area contributed by atoms with E-state index in [1.54, 1.807) is 9.47 Å². The van der Waals surface area contributed by atoms with Crippen LogP contribution in [0.15, 0.2) is 18.5 Å². The Morgan fingerprint density at radius 3 is 2.75 bits per heavy atom. The summed E-state index contributed by atoms with van der Waals surface area (Å²) in [5.41, 5.74) is 0.660. The number of imidazole rings is 1. The van der Waals surface area contributed by atoms with Crippen LogP contribution in [-0.2, 0) is 13.2 Å². The van der Waals surface area contributed by atoms with E-state index in [-0.39, 0.29) is 11.8 Å². The fourth-order valence-corrected chi connectivity index (χ4v) is 3.20. The minimum atomic E-state index is -4.43. The summed E-state index contributed by atoms with van der Waals surface area (Å²) in [5, 5.41) is 0. The molecule has 0 spiro atoms. The predicted octanol–water partition coefficient (Wildman–Crippen LogP) is 3.10. The van der Waals surface area contributed by atoms with Crippen LogP contribution in [0.3, 0.4) is 0 Å². The van der Waals surface area contributed by atoms with Crippen molar-refractivity contribution in [2.45, 2.75) is 31.9 Å². The van der Waals surface area contributed by atoms with Gasteiger partial charge in [-0.1, -0.05) is 0 Å². The highest BCUT2D eigenvalue weighted by Crippen LogP contribution is 2.31. The zero-order valence-corrected chi connectivity index (χ0v) is 13.5. The summed E-state index contributed by atoms with van der Waals surface area (Å²) < 4.78 is 39.9. The number of nitrogens with one attached hydrogen (secondary N) is 1. The Morgan fingerprint density at radius 2 is 2.17 bits per heavy atom. The lowest BCUT2D eigenvalue weighted by molar-refractivity contribution is -0.141. The third-order valence-corrected chi connectivity index (χ3v) is 4.47. The summed E-state index contributed by atoms with van der Waals surface area (Å²) in [4.78, 5) is 20.7. The Balaban J connectivity index is 1.77. The van der Waals surface area contributed by atoms with E-state index in [1.165, 1.54) is 0 Å². The Morgan fingerprint density at radius 1 is 1.42 bits per heavy atom. The van der Waals surface area contributed by atoms with E-state index in [9.17, 15) is 18.0 Å². The van der Waals surface area contributed by atoms with Gasteiger partial charge in [-0.3, -0.25) is 4.79 Å². The number of piperidine rings is 1. The van der Waals surface area contributed by atoms with Gasteiger partial charge < -0.3 is 14.5 Å². The molecule has 3 rings (SSSR count). The topological polar surface area (TPSA) is 53.9 Å². The van der Waals surface area contributed by atoms with Crippen molar-refractivity contribution < 1.29 is 18.0 Å². The largest absolute Gasteiger partial charge is 0.432 e. The second-order valence-corrected chi connectivity index (χ2v) is 6.23. The van der Waals surface area contributed by atoms with Crippen LogP contribution in [-0.4, -0.2) is 38.4 Å². The molecule has 1 saturated heterocycles. The molecule has 1 fully saturated rings. The van der Waals surface area contributed by atoms with Gasteiger partial charge in [0.05, 0.1) is 6.20 Å². The third-order valence-electron chi connectivity index (χ3n) is 4.47. The smallest absolute Gasteiger partial charge is 0.346 e. The van der Waals surface area contributed by atoms with Crippen LogP contribution in [0.2, 0.25) is 0 Å². The summed E-state index contributed by atoms with van der Waals surface area (Å²) >= 11 is 0. The van der Waals surface area contributed by atoms with Gasteiger partial charge in [0, 0.05) is 32.3 Å². The molecule has 1 N–H and O–H groups in total. The minimum absolute atomic E-state index is 0.0905. The fourth-order valence-electron chi connectivity index (χ4n) is 3.20. The summed E-state index contributed by atoms with van der Waals surface area (Å²) in [6.07, 6.45) is -0.345. The number of hydrogen-bond acceptors (Lipinski definition) is 2. The van der Waals surface area contributed by atoms with Crippen LogP contribution in [0.1, 0.15) is 46.3 Å². The summed E-state index contributed by atoms with van der Waals surface area (Å²) in [6, 6.07) is 1.87. The normalized spacial score (nSPS) is 18.9. The monoisotopic (exact) mass is 340 g/mol. The van der Waals surface area contributed by atoms with Crippen molar-refractivity contribution in [2.24, 2.45) is 7.05 Å². The fraction of sp³-hybridized carbons (Fsp3) is 0.500. The molecular weight excluding hydrogens is 321 g/mol. The van der Waals surface area contributed by atoms with Crippen LogP contribution < -0.4 is 0 Å². The van der Waals surface area contributed by atoms with E-state index in [0.717, 1.165) is 18.2 Å². The van der Waals surface area contributed by atoms with Gasteiger partial charge in [0.25, 0.3) is 5.91 Å². The number of likely N-dealkylation sites (tertiary alicyclic amines) is 1. The molecule has 0 aromatic carbocycles. The third kappa shape index (κ3) is 3.05. The molecule has 1 atom stereocenters. The maximum atomic E-state index is 12.7. The molecule has 24 heavy (non-hydrogen) atoms. The molecule has 0 bridgehead atoms. The standard InChI is InChI=1S/C16H19F3N4O/c1-10-5-7-22(2)13(10)15(24)23-6-3-4-11(9-23)14-20-8-12(21-14)16(17,18)19/h5,7-8,11H,3-4,6,9H2,1-2H3,(H,20,21). The number of aromatic amines is 1. The van der Waals surface area contributed by atoms with Crippen molar-refractivity contribution in [3.8, 4) is 0 Å². The van der Waals surface area contributed by atoms with Crippen molar-refractivity contribution in [2.75, 3.05) is 13.1 Å². The number of aryl methyl sites for hydroxylation is 2. The maximum absolute atomic E-state index is 12.7. The minimum Gasteiger partial charge on any atom is -0.346 e. The van der Waals surface area contributed by atoms with E-state index in [0.29, 0.717) is 31.0 Å². The molecule has 1 aliphatic heterocycles. The van der Waals surface area contributed by atoms with Gasteiger partial charge in [-0.15, -0.1) is 0 Å². The van der Waals surface area contributed by atoms with Crippen LogP contribution in [0.4, 0.5) is 13.2 Å². The Bertz CT molecular complexity index is 727. The lowest BCUT2D eigenvalue weighted by Gasteiger charge is -2.32. The molecule has 1 unspecified atom stereocenters. The molecule has 130 valence electrons. The van der Waals surface area contributed by atoms with Crippen molar-refractivity contribution in [3.63, 3.8) is 0 Å². The van der Waals surface area contributed by atoms with E-state index in [1.807, 2.05) is 26.2 Å². The van der Waals surface area contributed by atoms with Gasteiger partial charge in [0.15, 0.2) is 0 Å². The van der Waals surface area contributed by atoms with Crippen molar-refractivity contribution in [1.82, 2.24) is 19.4 Å². The highest BCUT2D eigenvalue weighted by molar-refractivity contribution is 5.94. The van der Waals surface area contributed by atoms with Gasteiger partial charge >= 0.3 is 6.18 Å². The van der Waals surface area contributed by atoms with E-state index < -0.39 is 11.9 Å². The molecule has 0 aliphatic carbocycles. The molecule has 1 amide bonds. The van der Waals surface area contributed by atoms with Gasteiger partial charge in [0.2, 0.25) is 0 Å². The first-order chi connectivity index (χ1) is 11.3. The average Bonchev–Trinajstić information content (AvgIpc) is 3.14. The van der Waals surface area contributed by atoms with Crippen LogP contribution in [0.5, 0.6) is 0 Å². The molecule has 5 nitrogen and oxygen atoms in total. The lowest BCUT2D eigenvalue weighted by atomic mass is 9.97. The van der Waals surface area contributed by atoms with Gasteiger partial charge in [-0.25, -0.2) is 4.98 Å². The van der Waals surface area contributed by atoms with Crippen LogP contribution in [0.25, 0.3) is 0 Å². The number of alkyl halides is 3. The number of carbonyl (C=O) groups excluding carboxylic acids is 1. The maximum Gasteiger partial charge on any atom is 0.432 e. The number of hydrogen-bond donors (Lipinski definition) is 1. The SMILES string of the molecule is Cc1ccn(C)c1C(=O)N1CCCC(c2ncc(C(F)(F)F)[nH]2)C1. The van der Waals surface area contributed by atoms with Crippen LogP contribution >= 0.6 is 0 Å². The number of nitrogens with zero attached hydrogens (tertiary/aromatic N) is 3. The molecule has 0 radical (unpaired) electrons. The number of H-pyrrole nitrogens is 1. The predicted molar refractivity (Wildman–Crippen MR) is 81.6 cm³/mol. The van der Waals surface area contributed by atoms with Crippen molar-refractivity contribution >= 4 is 5.91 Å². The number of halogens is 3. The quantitative estimate of drug-likeness (QED) is 0.913. The number of aromatic nitrogens is 3. The second kappa shape index (κ2) is 5.99. The zero-order chi connectivity index (χ0) is 17.5. The highest BCUT2D eigenvalue weighted by Gasteiger charge is 2.35. The summed E-state index contributed by atoms with van der Waals surface area (Å²) in [6.45, 7) is 2.85. The molecule has 1 aliphatic rings. The summed E-state index contributed by atoms with van der Waals surface area (Å²) in [5.74, 6) is -0.00453. The van der Waals surface area contributed by atoms with E-state index in [2.05, 4.69) is 9.97 Å². The highest BCUT2D eigenvalue weighted by atomic mass is 19.4. The summed E-state index contributed by atoms with van der Waals surface area (Å²) in [7, 11) is 1.81. The zero-order valence-electron chi connectivity index (χ0n) is 13.5. The molecule has 3 heterocycles. The first-order valence-corrected chi connectivity index (χ1v) is 7.80. The Kier molecular flexibility index (Phi) is 4.15. The van der Waals surface area contributed by atoms with Gasteiger partial charge in [-0.05, 0) is 31.4 Å². The molecule has 2 aromatic heterocycles. The lowest BCUT2D eigenvalue weighted by Crippen LogP contribution is -2.40. The van der Waals surface area contributed by atoms with E-state index >= 15 is 0 Å². The van der Waals surface area contributed by atoms with Crippen LogP contribution in [0, 0.1) is 6.92 Å². The van der Waals surface area contributed by atoms with Crippen molar-refractivity contribution in [1.29, 1.82) is 0 Å². The van der Waals surface area contributed by atoms with Crippen molar-refractivity contribution in [3.05, 3.63) is 41.2 Å². The van der Waals surface area contributed by atoms with E-state index in [4.69, 9.17) is 0 Å². The molecule has 2 aromatic rings. The second-order valence-electron chi connectivity index (χ2n) is 6.23. The Labute approximate surface area is 137 Å². The van der Waals surface area contributed by atoms with Gasteiger partial charge in [0.1, 0.15) is 17.2 Å². The molecular formula is C16H19F3N4O. The number of amides is 1. The average molecular weight is 340 g/mol. The first-order valence-electron chi connectivity index (χ1n) is 7.80. The Hall–Kier alpha value is -2.25. The first kappa shape index (κ1) is 16.6. The number of rotatable bonds is 2. The van der Waals surface area contributed by atoms with Gasteiger partial charge in [-0.2, -0.15) is 13.2 Å². The molecule has 0 saturated carbocycles. The molecule has 8 heteroatoms. The number of carbonyl (C=O) groups is 1.